The molecular formula is C19H21N5. The van der Waals surface area contributed by atoms with Crippen molar-refractivity contribution >= 4 is 10.9 Å². The molecule has 1 saturated carbocycles. The van der Waals surface area contributed by atoms with Crippen molar-refractivity contribution in [2.75, 3.05) is 6.54 Å². The predicted octanol–water partition coefficient (Wildman–Crippen LogP) is 2.80. The summed E-state index contributed by atoms with van der Waals surface area (Å²) in [4.78, 5) is 11.9. The van der Waals surface area contributed by atoms with Crippen LogP contribution in [-0.2, 0) is 26.6 Å². The number of hydrogen-bond acceptors (Lipinski definition) is 4. The molecule has 0 radical (unpaired) electrons. The van der Waals surface area contributed by atoms with Crippen LogP contribution in [0.25, 0.3) is 10.9 Å². The van der Waals surface area contributed by atoms with E-state index in [1.807, 2.05) is 11.7 Å². The first-order valence-electron chi connectivity index (χ1n) is 8.75. The van der Waals surface area contributed by atoms with E-state index in [-0.39, 0.29) is 0 Å². The SMILES string of the molecule is Cn1nc(CN2CCc3nc(C4CC4)ncc3C2)c2ccccc21. The van der Waals surface area contributed by atoms with E-state index in [0.717, 1.165) is 37.6 Å². The Bertz CT molecular complexity index is 909. The van der Waals surface area contributed by atoms with Gasteiger partial charge in [0.1, 0.15) is 5.82 Å². The second-order valence-electron chi connectivity index (χ2n) is 7.02. The van der Waals surface area contributed by atoms with Gasteiger partial charge in [0.25, 0.3) is 0 Å². The van der Waals surface area contributed by atoms with Gasteiger partial charge in [-0.25, -0.2) is 9.97 Å². The molecule has 0 unspecified atom stereocenters. The van der Waals surface area contributed by atoms with Crippen molar-refractivity contribution in [1.82, 2.24) is 24.6 Å². The molecule has 24 heavy (non-hydrogen) atoms. The number of aromatic nitrogens is 4. The Labute approximate surface area is 141 Å². The Morgan fingerprint density at radius 2 is 2.08 bits per heavy atom. The lowest BCUT2D eigenvalue weighted by Crippen LogP contribution is -2.31. The molecule has 2 aromatic heterocycles. The van der Waals surface area contributed by atoms with Gasteiger partial charge in [0.05, 0.1) is 11.2 Å². The van der Waals surface area contributed by atoms with E-state index in [0.29, 0.717) is 5.92 Å². The smallest absolute Gasteiger partial charge is 0.131 e. The van der Waals surface area contributed by atoms with Crippen LogP contribution in [0.1, 0.15) is 41.5 Å². The second-order valence-corrected chi connectivity index (χ2v) is 7.02. The summed E-state index contributed by atoms with van der Waals surface area (Å²) in [6.45, 7) is 2.84. The van der Waals surface area contributed by atoms with Crippen LogP contribution in [0, 0.1) is 0 Å². The highest BCUT2D eigenvalue weighted by atomic mass is 15.3. The molecule has 0 N–H and O–H groups in total. The number of benzene rings is 1. The Kier molecular flexibility index (Phi) is 3.16. The highest BCUT2D eigenvalue weighted by Crippen LogP contribution is 2.38. The number of para-hydroxylation sites is 1. The maximum atomic E-state index is 4.81. The lowest BCUT2D eigenvalue weighted by atomic mass is 10.1. The van der Waals surface area contributed by atoms with Crippen molar-refractivity contribution in [2.45, 2.75) is 38.3 Å². The monoisotopic (exact) mass is 319 g/mol. The van der Waals surface area contributed by atoms with Gasteiger partial charge in [0.2, 0.25) is 0 Å². The minimum Gasteiger partial charge on any atom is -0.293 e. The van der Waals surface area contributed by atoms with Gasteiger partial charge in [0.15, 0.2) is 0 Å². The molecule has 1 aliphatic heterocycles. The van der Waals surface area contributed by atoms with Crippen LogP contribution < -0.4 is 0 Å². The fraction of sp³-hybridized carbons (Fsp3) is 0.421. The van der Waals surface area contributed by atoms with Gasteiger partial charge in [-0.1, -0.05) is 18.2 Å². The van der Waals surface area contributed by atoms with E-state index in [1.165, 1.54) is 35.0 Å². The first-order chi connectivity index (χ1) is 11.8. The molecule has 0 amide bonds. The zero-order valence-electron chi connectivity index (χ0n) is 13.9. The molecule has 1 aromatic carbocycles. The molecule has 122 valence electrons. The third-order valence-corrected chi connectivity index (χ3v) is 5.18. The van der Waals surface area contributed by atoms with Crippen LogP contribution in [0.15, 0.2) is 30.5 Å². The quantitative estimate of drug-likeness (QED) is 0.745. The largest absolute Gasteiger partial charge is 0.293 e. The molecule has 3 heterocycles. The first-order valence-corrected chi connectivity index (χ1v) is 8.75. The van der Waals surface area contributed by atoms with Gasteiger partial charge in [-0.3, -0.25) is 9.58 Å². The Morgan fingerprint density at radius 3 is 2.96 bits per heavy atom. The lowest BCUT2D eigenvalue weighted by Gasteiger charge is -2.27. The molecule has 5 heteroatoms. The van der Waals surface area contributed by atoms with Gasteiger partial charge in [-0.15, -0.1) is 0 Å². The molecule has 5 nitrogen and oxygen atoms in total. The van der Waals surface area contributed by atoms with Gasteiger partial charge in [-0.05, 0) is 18.9 Å². The fourth-order valence-corrected chi connectivity index (χ4v) is 3.68. The highest BCUT2D eigenvalue weighted by Gasteiger charge is 2.28. The zero-order valence-corrected chi connectivity index (χ0v) is 13.9. The minimum absolute atomic E-state index is 0.633. The Hall–Kier alpha value is -2.27. The van der Waals surface area contributed by atoms with Crippen molar-refractivity contribution in [1.29, 1.82) is 0 Å². The van der Waals surface area contributed by atoms with Gasteiger partial charge in [-0.2, -0.15) is 5.10 Å². The third-order valence-electron chi connectivity index (χ3n) is 5.18. The molecule has 2 aliphatic rings. The summed E-state index contributed by atoms with van der Waals surface area (Å²) in [5.74, 6) is 1.70. The van der Waals surface area contributed by atoms with E-state index in [1.54, 1.807) is 0 Å². The summed E-state index contributed by atoms with van der Waals surface area (Å²) in [5, 5.41) is 5.98. The normalized spacial score (nSPS) is 18.0. The molecule has 3 aromatic rings. The molecule has 0 spiro atoms. The molecular weight excluding hydrogens is 298 g/mol. The van der Waals surface area contributed by atoms with E-state index in [2.05, 4.69) is 40.3 Å². The maximum Gasteiger partial charge on any atom is 0.131 e. The summed E-state index contributed by atoms with van der Waals surface area (Å²) in [7, 11) is 2.02. The average molecular weight is 319 g/mol. The van der Waals surface area contributed by atoms with Gasteiger partial charge >= 0.3 is 0 Å². The molecule has 1 fully saturated rings. The standard InChI is InChI=1S/C19H21N5/c1-23-18-5-3-2-4-15(18)17(22-23)12-24-9-8-16-14(11-24)10-20-19(21-16)13-6-7-13/h2-5,10,13H,6-9,11-12H2,1H3. The molecule has 0 saturated heterocycles. The number of hydrogen-bond donors (Lipinski definition) is 0. The fourth-order valence-electron chi connectivity index (χ4n) is 3.68. The van der Waals surface area contributed by atoms with E-state index >= 15 is 0 Å². The van der Waals surface area contributed by atoms with Crippen LogP contribution in [0.3, 0.4) is 0 Å². The average Bonchev–Trinajstić information content (AvgIpc) is 3.41. The predicted molar refractivity (Wildman–Crippen MR) is 92.5 cm³/mol. The number of nitrogens with zero attached hydrogens (tertiary/aromatic N) is 5. The van der Waals surface area contributed by atoms with E-state index in [4.69, 9.17) is 10.1 Å². The number of aryl methyl sites for hydroxylation is 1. The topological polar surface area (TPSA) is 46.8 Å². The van der Waals surface area contributed by atoms with Gasteiger partial charge in [0, 0.05) is 61.9 Å². The van der Waals surface area contributed by atoms with Crippen LogP contribution >= 0.6 is 0 Å². The summed E-state index contributed by atoms with van der Waals surface area (Å²) in [6.07, 6.45) is 5.59. The summed E-state index contributed by atoms with van der Waals surface area (Å²) < 4.78 is 1.98. The van der Waals surface area contributed by atoms with Crippen molar-refractivity contribution in [3.05, 3.63) is 53.2 Å². The van der Waals surface area contributed by atoms with Crippen molar-refractivity contribution in [3.8, 4) is 0 Å². The first kappa shape index (κ1) is 14.1. The maximum absolute atomic E-state index is 4.81. The van der Waals surface area contributed by atoms with Gasteiger partial charge < -0.3 is 0 Å². The second kappa shape index (κ2) is 5.38. The summed E-state index contributed by atoms with van der Waals surface area (Å²) in [6, 6.07) is 8.46. The third kappa shape index (κ3) is 2.40. The van der Waals surface area contributed by atoms with Crippen molar-refractivity contribution in [2.24, 2.45) is 7.05 Å². The number of fused-ring (bicyclic) bond motifs is 2. The zero-order chi connectivity index (χ0) is 16.1. The molecule has 5 rings (SSSR count). The van der Waals surface area contributed by atoms with Crippen molar-refractivity contribution in [3.63, 3.8) is 0 Å². The Balaban J connectivity index is 1.38. The Morgan fingerprint density at radius 1 is 1.21 bits per heavy atom. The van der Waals surface area contributed by atoms with E-state index < -0.39 is 0 Å². The highest BCUT2D eigenvalue weighted by molar-refractivity contribution is 5.81. The summed E-state index contributed by atoms with van der Waals surface area (Å²) in [5.41, 5.74) is 4.90. The lowest BCUT2D eigenvalue weighted by molar-refractivity contribution is 0.240. The van der Waals surface area contributed by atoms with Crippen LogP contribution in [0.2, 0.25) is 0 Å². The molecule has 1 aliphatic carbocycles. The van der Waals surface area contributed by atoms with Crippen LogP contribution in [-0.4, -0.2) is 31.2 Å². The van der Waals surface area contributed by atoms with Crippen LogP contribution in [0.5, 0.6) is 0 Å². The van der Waals surface area contributed by atoms with Crippen LogP contribution in [0.4, 0.5) is 0 Å². The molecule has 0 bridgehead atoms. The minimum atomic E-state index is 0.633. The van der Waals surface area contributed by atoms with Crippen molar-refractivity contribution < 1.29 is 0 Å². The number of rotatable bonds is 3. The summed E-state index contributed by atoms with van der Waals surface area (Å²) >= 11 is 0. The molecule has 0 atom stereocenters. The van der Waals surface area contributed by atoms with E-state index in [9.17, 15) is 0 Å².